The van der Waals surface area contributed by atoms with Gasteiger partial charge in [0.05, 0.1) is 36.2 Å². The number of hydrogen-bond donors (Lipinski definition) is 2. The molecular formula is C17H19N3O7. The lowest BCUT2D eigenvalue weighted by atomic mass is 9.94. The number of urea groups is 1. The first-order valence-electron chi connectivity index (χ1n) is 8.25. The number of nitro benzene ring substituents is 1. The summed E-state index contributed by atoms with van der Waals surface area (Å²) in [5.41, 5.74) is 0.135. The Bertz CT molecular complexity index is 803. The zero-order chi connectivity index (χ0) is 20.0. The molecule has 1 aliphatic heterocycles. The van der Waals surface area contributed by atoms with E-state index in [9.17, 15) is 24.5 Å². The van der Waals surface area contributed by atoms with Gasteiger partial charge >= 0.3 is 18.0 Å². The van der Waals surface area contributed by atoms with Crippen LogP contribution in [0.5, 0.6) is 0 Å². The van der Waals surface area contributed by atoms with Crippen LogP contribution < -0.4 is 10.6 Å². The van der Waals surface area contributed by atoms with Gasteiger partial charge in [-0.05, 0) is 19.4 Å². The maximum absolute atomic E-state index is 12.5. The molecular weight excluding hydrogens is 358 g/mol. The maximum atomic E-state index is 12.5. The van der Waals surface area contributed by atoms with Crippen LogP contribution in [0.15, 0.2) is 35.5 Å². The molecule has 10 nitrogen and oxygen atoms in total. The number of hydrogen-bond acceptors (Lipinski definition) is 7. The Kier molecular flexibility index (Phi) is 6.47. The van der Waals surface area contributed by atoms with Gasteiger partial charge in [0, 0.05) is 17.8 Å². The van der Waals surface area contributed by atoms with Crippen molar-refractivity contribution in [2.24, 2.45) is 0 Å². The zero-order valence-corrected chi connectivity index (χ0v) is 14.8. The minimum Gasteiger partial charge on any atom is -0.466 e. The summed E-state index contributed by atoms with van der Waals surface area (Å²) in [5.74, 6) is -1.38. The van der Waals surface area contributed by atoms with Crippen molar-refractivity contribution in [1.82, 2.24) is 10.6 Å². The highest BCUT2D eigenvalue weighted by Gasteiger charge is 2.35. The third-order valence-electron chi connectivity index (χ3n) is 3.69. The Morgan fingerprint density at radius 3 is 2.56 bits per heavy atom. The fourth-order valence-electron chi connectivity index (χ4n) is 2.63. The number of benzene rings is 1. The molecule has 27 heavy (non-hydrogen) atoms. The van der Waals surface area contributed by atoms with Gasteiger partial charge in [0.2, 0.25) is 0 Å². The summed E-state index contributed by atoms with van der Waals surface area (Å²) in [6.07, 6.45) is -0.346. The molecule has 0 spiro atoms. The highest BCUT2D eigenvalue weighted by Crippen LogP contribution is 2.30. The first-order chi connectivity index (χ1) is 12.9. The van der Waals surface area contributed by atoms with E-state index in [0.717, 1.165) is 0 Å². The highest BCUT2D eigenvalue weighted by molar-refractivity contribution is 5.96. The molecule has 1 atom stereocenters. The van der Waals surface area contributed by atoms with Crippen molar-refractivity contribution in [3.63, 3.8) is 0 Å². The molecule has 2 rings (SSSR count). The minimum atomic E-state index is -1.01. The number of rotatable bonds is 7. The molecule has 1 aromatic carbocycles. The second-order valence-corrected chi connectivity index (χ2v) is 5.48. The number of non-ortho nitro benzene ring substituents is 1. The summed E-state index contributed by atoms with van der Waals surface area (Å²) in [6, 6.07) is 3.85. The number of esters is 2. The average molecular weight is 377 g/mol. The van der Waals surface area contributed by atoms with Crippen LogP contribution in [0, 0.1) is 10.1 Å². The van der Waals surface area contributed by atoms with E-state index in [1.165, 1.54) is 24.3 Å². The number of nitrogens with zero attached hydrogens (tertiary/aromatic N) is 1. The van der Waals surface area contributed by atoms with Crippen LogP contribution in [0.25, 0.3) is 0 Å². The van der Waals surface area contributed by atoms with Crippen molar-refractivity contribution < 1.29 is 28.8 Å². The Labute approximate surface area is 154 Å². The molecule has 10 heteroatoms. The molecule has 0 bridgehead atoms. The van der Waals surface area contributed by atoms with E-state index in [0.29, 0.717) is 5.56 Å². The SMILES string of the molecule is CCOC(=O)CC1=C(C(=O)OCC)C(c2cccc([N+](=O)[O-])c2)NC(=O)N1. The molecule has 1 heterocycles. The number of carbonyl (C=O) groups excluding carboxylic acids is 3. The molecule has 0 saturated carbocycles. The predicted molar refractivity (Wildman–Crippen MR) is 92.4 cm³/mol. The number of nitro groups is 1. The van der Waals surface area contributed by atoms with Crippen molar-refractivity contribution in [1.29, 1.82) is 0 Å². The fourth-order valence-corrected chi connectivity index (χ4v) is 2.63. The van der Waals surface area contributed by atoms with E-state index in [2.05, 4.69) is 10.6 Å². The topological polar surface area (TPSA) is 137 Å². The standard InChI is InChI=1S/C17H19N3O7/c1-3-26-13(21)9-12-14(16(22)27-4-2)15(19-17(23)18-12)10-6-5-7-11(8-10)20(24)25/h5-8,15H,3-4,9H2,1-2H3,(H2,18,19,23). The number of ether oxygens (including phenoxy) is 2. The first kappa shape index (κ1) is 19.9. The van der Waals surface area contributed by atoms with Gasteiger partial charge in [0.15, 0.2) is 0 Å². The molecule has 2 amide bonds. The third-order valence-corrected chi connectivity index (χ3v) is 3.69. The summed E-state index contributed by atoms with van der Waals surface area (Å²) in [7, 11) is 0. The zero-order valence-electron chi connectivity index (χ0n) is 14.8. The van der Waals surface area contributed by atoms with Crippen molar-refractivity contribution in [3.05, 3.63) is 51.2 Å². The molecule has 0 fully saturated rings. The maximum Gasteiger partial charge on any atom is 0.338 e. The summed E-state index contributed by atoms with van der Waals surface area (Å²) >= 11 is 0. The van der Waals surface area contributed by atoms with Crippen LogP contribution in [0.2, 0.25) is 0 Å². The van der Waals surface area contributed by atoms with Crippen LogP contribution in [0.1, 0.15) is 31.9 Å². The lowest BCUT2D eigenvalue weighted by Gasteiger charge is -2.29. The molecule has 1 aliphatic rings. The Hall–Kier alpha value is -3.43. The van der Waals surface area contributed by atoms with Crippen LogP contribution in [0.4, 0.5) is 10.5 Å². The van der Waals surface area contributed by atoms with Gasteiger partial charge in [-0.3, -0.25) is 14.9 Å². The molecule has 0 aliphatic carbocycles. The molecule has 144 valence electrons. The van der Waals surface area contributed by atoms with Crippen LogP contribution >= 0.6 is 0 Å². The molecule has 0 saturated heterocycles. The summed E-state index contributed by atoms with van der Waals surface area (Å²) in [4.78, 5) is 46.9. The highest BCUT2D eigenvalue weighted by atomic mass is 16.6. The third kappa shape index (κ3) is 4.81. The summed E-state index contributed by atoms with van der Waals surface area (Å²) in [6.45, 7) is 3.46. The quantitative estimate of drug-likeness (QED) is 0.419. The van der Waals surface area contributed by atoms with Gasteiger partial charge in [0.25, 0.3) is 5.69 Å². The van der Waals surface area contributed by atoms with E-state index < -0.39 is 28.9 Å². The van der Waals surface area contributed by atoms with E-state index in [-0.39, 0.29) is 36.6 Å². The van der Waals surface area contributed by atoms with Crippen LogP contribution in [-0.2, 0) is 19.1 Å². The summed E-state index contributed by atoms with van der Waals surface area (Å²) < 4.78 is 9.92. The van der Waals surface area contributed by atoms with Crippen LogP contribution in [0.3, 0.4) is 0 Å². The van der Waals surface area contributed by atoms with E-state index in [1.54, 1.807) is 13.8 Å². The second kappa shape index (κ2) is 8.79. The lowest BCUT2D eigenvalue weighted by molar-refractivity contribution is -0.384. The second-order valence-electron chi connectivity index (χ2n) is 5.48. The molecule has 1 unspecified atom stereocenters. The fraction of sp³-hybridized carbons (Fsp3) is 0.353. The van der Waals surface area contributed by atoms with Gasteiger partial charge in [-0.15, -0.1) is 0 Å². The smallest absolute Gasteiger partial charge is 0.338 e. The average Bonchev–Trinajstić information content (AvgIpc) is 2.61. The molecule has 1 aromatic rings. The largest absolute Gasteiger partial charge is 0.466 e. The van der Waals surface area contributed by atoms with Gasteiger partial charge in [-0.1, -0.05) is 12.1 Å². The van der Waals surface area contributed by atoms with E-state index in [1.807, 2.05) is 0 Å². The normalized spacial score (nSPS) is 16.2. The Morgan fingerprint density at radius 2 is 1.93 bits per heavy atom. The van der Waals surface area contributed by atoms with Crippen molar-refractivity contribution >= 4 is 23.7 Å². The minimum absolute atomic E-state index is 0.00926. The summed E-state index contributed by atoms with van der Waals surface area (Å²) in [5, 5.41) is 16.0. The van der Waals surface area contributed by atoms with Gasteiger partial charge in [0.1, 0.15) is 0 Å². The molecule has 0 aromatic heterocycles. The van der Waals surface area contributed by atoms with Gasteiger partial charge < -0.3 is 20.1 Å². The first-order valence-corrected chi connectivity index (χ1v) is 8.25. The van der Waals surface area contributed by atoms with E-state index >= 15 is 0 Å². The number of nitrogens with one attached hydrogen (secondary N) is 2. The van der Waals surface area contributed by atoms with Crippen molar-refractivity contribution in [3.8, 4) is 0 Å². The van der Waals surface area contributed by atoms with Crippen molar-refractivity contribution in [2.45, 2.75) is 26.3 Å². The molecule has 0 radical (unpaired) electrons. The number of carbonyl (C=O) groups is 3. The van der Waals surface area contributed by atoms with E-state index in [4.69, 9.17) is 9.47 Å². The van der Waals surface area contributed by atoms with Crippen LogP contribution in [-0.4, -0.2) is 36.1 Å². The number of amides is 2. The molecule has 2 N–H and O–H groups in total. The predicted octanol–water partition coefficient (Wildman–Crippen LogP) is 1.72. The monoisotopic (exact) mass is 377 g/mol. The Balaban J connectivity index is 2.53. The lowest BCUT2D eigenvalue weighted by Crippen LogP contribution is -2.46. The van der Waals surface area contributed by atoms with Gasteiger partial charge in [-0.25, -0.2) is 9.59 Å². The Morgan fingerprint density at radius 1 is 1.22 bits per heavy atom. The van der Waals surface area contributed by atoms with Gasteiger partial charge in [-0.2, -0.15) is 0 Å². The van der Waals surface area contributed by atoms with Crippen molar-refractivity contribution in [2.75, 3.05) is 13.2 Å².